The smallest absolute Gasteiger partial charge is 0.0657 e. The Labute approximate surface area is 78.7 Å². The molecule has 0 atom stereocenters. The van der Waals surface area contributed by atoms with E-state index < -0.39 is 0 Å². The van der Waals surface area contributed by atoms with Gasteiger partial charge >= 0.3 is 0 Å². The summed E-state index contributed by atoms with van der Waals surface area (Å²) < 4.78 is 7.31. The van der Waals surface area contributed by atoms with E-state index in [1.807, 2.05) is 4.68 Å². The Morgan fingerprint density at radius 3 is 2.92 bits per heavy atom. The molecule has 0 aliphatic carbocycles. The first kappa shape index (κ1) is 8.75. The maximum atomic E-state index is 5.32. The van der Waals surface area contributed by atoms with Gasteiger partial charge in [-0.25, -0.2) is 0 Å². The number of aromatic nitrogens is 2. The highest BCUT2D eigenvalue weighted by Gasteiger charge is 2.17. The molecule has 1 saturated heterocycles. The van der Waals surface area contributed by atoms with Gasteiger partial charge in [0, 0.05) is 31.9 Å². The molecule has 3 nitrogen and oxygen atoms in total. The van der Waals surface area contributed by atoms with Gasteiger partial charge in [0.05, 0.1) is 5.69 Å². The number of hydrogen-bond donors (Lipinski definition) is 0. The summed E-state index contributed by atoms with van der Waals surface area (Å²) in [4.78, 5) is 0. The first-order valence-corrected chi connectivity index (χ1v) is 5.01. The minimum atomic E-state index is 0.626. The molecule has 0 bridgehead atoms. The molecule has 13 heavy (non-hydrogen) atoms. The second-order valence-corrected chi connectivity index (χ2v) is 3.48. The van der Waals surface area contributed by atoms with E-state index in [1.165, 1.54) is 5.69 Å². The molecule has 1 aliphatic heterocycles. The van der Waals surface area contributed by atoms with Gasteiger partial charge in [-0.1, -0.05) is 0 Å². The van der Waals surface area contributed by atoms with Gasteiger partial charge in [-0.2, -0.15) is 5.10 Å². The SMILES string of the molecule is CCn1ccc(C2CCOCC2)n1. The molecule has 3 heteroatoms. The molecule has 0 saturated carbocycles. The van der Waals surface area contributed by atoms with E-state index in [1.54, 1.807) is 0 Å². The average molecular weight is 180 g/mol. The molecule has 72 valence electrons. The van der Waals surface area contributed by atoms with Gasteiger partial charge in [-0.15, -0.1) is 0 Å². The van der Waals surface area contributed by atoms with E-state index in [0.717, 1.165) is 32.6 Å². The Morgan fingerprint density at radius 1 is 1.54 bits per heavy atom. The van der Waals surface area contributed by atoms with Crippen LogP contribution in [0.15, 0.2) is 12.3 Å². The topological polar surface area (TPSA) is 27.1 Å². The lowest BCUT2D eigenvalue weighted by atomic mass is 9.97. The molecular weight excluding hydrogens is 164 g/mol. The van der Waals surface area contributed by atoms with Crippen LogP contribution in [0.4, 0.5) is 0 Å². The molecule has 0 unspecified atom stereocenters. The second-order valence-electron chi connectivity index (χ2n) is 3.48. The zero-order valence-electron chi connectivity index (χ0n) is 8.07. The fraction of sp³-hybridized carbons (Fsp3) is 0.700. The van der Waals surface area contributed by atoms with Crippen molar-refractivity contribution in [3.05, 3.63) is 18.0 Å². The summed E-state index contributed by atoms with van der Waals surface area (Å²) in [5.41, 5.74) is 1.24. The number of rotatable bonds is 2. The molecule has 0 amide bonds. The minimum absolute atomic E-state index is 0.626. The molecule has 0 spiro atoms. The van der Waals surface area contributed by atoms with Crippen molar-refractivity contribution in [2.24, 2.45) is 0 Å². The fourth-order valence-corrected chi connectivity index (χ4v) is 1.76. The van der Waals surface area contributed by atoms with Crippen LogP contribution >= 0.6 is 0 Å². The monoisotopic (exact) mass is 180 g/mol. The van der Waals surface area contributed by atoms with Gasteiger partial charge in [-0.3, -0.25) is 4.68 Å². The van der Waals surface area contributed by atoms with Crippen LogP contribution in [0.2, 0.25) is 0 Å². The zero-order valence-corrected chi connectivity index (χ0v) is 8.07. The minimum Gasteiger partial charge on any atom is -0.381 e. The normalized spacial score (nSPS) is 19.2. The second kappa shape index (κ2) is 3.92. The van der Waals surface area contributed by atoms with Crippen molar-refractivity contribution in [2.75, 3.05) is 13.2 Å². The van der Waals surface area contributed by atoms with E-state index >= 15 is 0 Å². The third kappa shape index (κ3) is 1.91. The van der Waals surface area contributed by atoms with Gasteiger partial charge in [0.1, 0.15) is 0 Å². The quantitative estimate of drug-likeness (QED) is 0.694. The summed E-state index contributed by atoms with van der Waals surface area (Å²) >= 11 is 0. The predicted molar refractivity (Wildman–Crippen MR) is 50.7 cm³/mol. The van der Waals surface area contributed by atoms with Crippen molar-refractivity contribution < 1.29 is 4.74 Å². The third-order valence-electron chi connectivity index (χ3n) is 2.62. The van der Waals surface area contributed by atoms with E-state index in [9.17, 15) is 0 Å². The average Bonchev–Trinajstić information content (AvgIpc) is 2.67. The highest BCUT2D eigenvalue weighted by atomic mass is 16.5. The summed E-state index contributed by atoms with van der Waals surface area (Å²) in [6.07, 6.45) is 4.31. The van der Waals surface area contributed by atoms with Gasteiger partial charge < -0.3 is 4.74 Å². The first-order chi connectivity index (χ1) is 6.40. The maximum absolute atomic E-state index is 5.32. The molecule has 1 aromatic rings. The number of aryl methyl sites for hydroxylation is 1. The summed E-state index contributed by atoms with van der Waals surface area (Å²) in [5.74, 6) is 0.626. The highest BCUT2D eigenvalue weighted by molar-refractivity contribution is 5.06. The number of ether oxygens (including phenoxy) is 1. The van der Waals surface area contributed by atoms with E-state index in [0.29, 0.717) is 5.92 Å². The first-order valence-electron chi connectivity index (χ1n) is 5.01. The molecule has 1 aliphatic rings. The van der Waals surface area contributed by atoms with E-state index in [-0.39, 0.29) is 0 Å². The van der Waals surface area contributed by atoms with Crippen molar-refractivity contribution in [3.63, 3.8) is 0 Å². The zero-order chi connectivity index (χ0) is 9.10. The molecule has 1 aromatic heterocycles. The van der Waals surface area contributed by atoms with Crippen LogP contribution in [0.3, 0.4) is 0 Å². The largest absolute Gasteiger partial charge is 0.381 e. The van der Waals surface area contributed by atoms with Crippen LogP contribution in [0.25, 0.3) is 0 Å². The van der Waals surface area contributed by atoms with E-state index in [2.05, 4.69) is 24.3 Å². The lowest BCUT2D eigenvalue weighted by Crippen LogP contribution is -2.14. The Balaban J connectivity index is 2.05. The predicted octanol–water partition coefficient (Wildman–Crippen LogP) is 1.80. The van der Waals surface area contributed by atoms with Gasteiger partial charge in [0.15, 0.2) is 0 Å². The van der Waals surface area contributed by atoms with Crippen LogP contribution in [-0.4, -0.2) is 23.0 Å². The van der Waals surface area contributed by atoms with Crippen molar-refractivity contribution in [1.82, 2.24) is 9.78 Å². The fourth-order valence-electron chi connectivity index (χ4n) is 1.76. The van der Waals surface area contributed by atoms with Crippen molar-refractivity contribution in [1.29, 1.82) is 0 Å². The maximum Gasteiger partial charge on any atom is 0.0657 e. The molecule has 2 heterocycles. The summed E-state index contributed by atoms with van der Waals surface area (Å²) in [6, 6.07) is 2.14. The molecule has 0 radical (unpaired) electrons. The lowest BCUT2D eigenvalue weighted by Gasteiger charge is -2.19. The van der Waals surface area contributed by atoms with Crippen LogP contribution in [-0.2, 0) is 11.3 Å². The molecule has 1 fully saturated rings. The summed E-state index contributed by atoms with van der Waals surface area (Å²) in [6.45, 7) is 4.86. The standard InChI is InChI=1S/C10H16N2O/c1-2-12-6-3-10(11-12)9-4-7-13-8-5-9/h3,6,9H,2,4-5,7-8H2,1H3. The Hall–Kier alpha value is -0.830. The van der Waals surface area contributed by atoms with Crippen molar-refractivity contribution in [3.8, 4) is 0 Å². The summed E-state index contributed by atoms with van der Waals surface area (Å²) in [5, 5.41) is 4.51. The number of hydrogen-bond acceptors (Lipinski definition) is 2. The Bertz CT molecular complexity index is 264. The summed E-state index contributed by atoms with van der Waals surface area (Å²) in [7, 11) is 0. The van der Waals surface area contributed by atoms with Gasteiger partial charge in [-0.05, 0) is 25.8 Å². The molecular formula is C10H16N2O. The third-order valence-corrected chi connectivity index (χ3v) is 2.62. The number of nitrogens with zero attached hydrogens (tertiary/aromatic N) is 2. The van der Waals surface area contributed by atoms with Gasteiger partial charge in [0.2, 0.25) is 0 Å². The molecule has 2 rings (SSSR count). The van der Waals surface area contributed by atoms with Crippen molar-refractivity contribution >= 4 is 0 Å². The van der Waals surface area contributed by atoms with Crippen molar-refractivity contribution in [2.45, 2.75) is 32.2 Å². The van der Waals surface area contributed by atoms with Crippen LogP contribution < -0.4 is 0 Å². The molecule has 0 aromatic carbocycles. The Kier molecular flexibility index (Phi) is 2.64. The van der Waals surface area contributed by atoms with Crippen LogP contribution in [0.1, 0.15) is 31.4 Å². The van der Waals surface area contributed by atoms with Crippen LogP contribution in [0.5, 0.6) is 0 Å². The Morgan fingerprint density at radius 2 is 2.31 bits per heavy atom. The van der Waals surface area contributed by atoms with Gasteiger partial charge in [0.25, 0.3) is 0 Å². The molecule has 0 N–H and O–H groups in total. The van der Waals surface area contributed by atoms with Crippen LogP contribution in [0, 0.1) is 0 Å². The van der Waals surface area contributed by atoms with E-state index in [4.69, 9.17) is 4.74 Å². The highest BCUT2D eigenvalue weighted by Crippen LogP contribution is 2.24. The lowest BCUT2D eigenvalue weighted by molar-refractivity contribution is 0.0843.